The van der Waals surface area contributed by atoms with Crippen LogP contribution in [0.3, 0.4) is 0 Å². The maximum atomic E-state index is 12.6. The molecule has 0 aliphatic heterocycles. The molecule has 1 aliphatic carbocycles. The van der Waals surface area contributed by atoms with Gasteiger partial charge in [0.05, 0.1) is 18.8 Å². The van der Waals surface area contributed by atoms with Crippen LogP contribution in [-0.4, -0.2) is 27.8 Å². The van der Waals surface area contributed by atoms with Gasteiger partial charge in [0.15, 0.2) is 0 Å². The minimum atomic E-state index is -0.0147. The number of thiophene rings is 1. The van der Waals surface area contributed by atoms with Crippen molar-refractivity contribution in [1.29, 1.82) is 0 Å². The summed E-state index contributed by atoms with van der Waals surface area (Å²) in [5, 5.41) is 9.50. The summed E-state index contributed by atoms with van der Waals surface area (Å²) in [7, 11) is 3.72. The molecule has 0 saturated heterocycles. The van der Waals surface area contributed by atoms with Crippen LogP contribution in [0.25, 0.3) is 0 Å². The van der Waals surface area contributed by atoms with E-state index in [2.05, 4.69) is 27.9 Å². The largest absolute Gasteiger partial charge is 0.330 e. The van der Waals surface area contributed by atoms with Gasteiger partial charge in [-0.15, -0.1) is 11.3 Å². The maximum Gasteiger partial charge on any atom is 0.317 e. The Balaban J connectivity index is 1.65. The molecule has 23 heavy (non-hydrogen) atoms. The highest BCUT2D eigenvalue weighted by molar-refractivity contribution is 7.10. The average Bonchev–Trinajstić information content (AvgIpc) is 3.27. The fraction of sp³-hybridized carbons (Fsp3) is 0.529. The molecule has 0 aromatic carbocycles. The molecule has 2 aromatic heterocycles. The molecule has 2 amide bonds. The Kier molecular flexibility index (Phi) is 5.00. The van der Waals surface area contributed by atoms with Crippen molar-refractivity contribution in [2.24, 2.45) is 13.0 Å². The highest BCUT2D eigenvalue weighted by Gasteiger charge is 2.29. The third-order valence-corrected chi connectivity index (χ3v) is 5.48. The molecule has 0 radical (unpaired) electrons. The number of nitrogens with one attached hydrogen (secondary N) is 1. The van der Waals surface area contributed by atoms with Gasteiger partial charge in [-0.3, -0.25) is 4.68 Å². The number of rotatable bonds is 5. The van der Waals surface area contributed by atoms with Crippen molar-refractivity contribution in [2.45, 2.75) is 38.3 Å². The summed E-state index contributed by atoms with van der Waals surface area (Å²) in [4.78, 5) is 15.6. The number of aryl methyl sites for hydroxylation is 1. The minimum Gasteiger partial charge on any atom is -0.330 e. The predicted octanol–water partition coefficient (Wildman–Crippen LogP) is 3.55. The lowest BCUT2D eigenvalue weighted by atomic mass is 9.97. The van der Waals surface area contributed by atoms with Crippen molar-refractivity contribution in [3.05, 3.63) is 40.3 Å². The van der Waals surface area contributed by atoms with E-state index < -0.39 is 0 Å². The smallest absolute Gasteiger partial charge is 0.317 e. The van der Waals surface area contributed by atoms with Crippen molar-refractivity contribution in [1.82, 2.24) is 20.0 Å². The van der Waals surface area contributed by atoms with Gasteiger partial charge < -0.3 is 10.2 Å². The molecule has 5 nitrogen and oxygen atoms in total. The number of carbonyl (C=O) groups excluding carboxylic acids is 1. The molecule has 1 saturated carbocycles. The number of urea groups is 1. The second-order valence-corrected chi connectivity index (χ2v) is 7.34. The van der Waals surface area contributed by atoms with Gasteiger partial charge in [-0.05, 0) is 30.2 Å². The van der Waals surface area contributed by atoms with Gasteiger partial charge in [0, 0.05) is 30.7 Å². The first kappa shape index (κ1) is 16.1. The molecule has 1 atom stereocenters. The summed E-state index contributed by atoms with van der Waals surface area (Å²) in [6.07, 6.45) is 8.70. The number of nitrogens with zero attached hydrogens (tertiary/aromatic N) is 3. The fourth-order valence-electron chi connectivity index (χ4n) is 3.32. The van der Waals surface area contributed by atoms with Crippen molar-refractivity contribution < 1.29 is 4.79 Å². The van der Waals surface area contributed by atoms with Crippen molar-refractivity contribution in [2.75, 3.05) is 7.05 Å². The molecule has 1 fully saturated rings. The van der Waals surface area contributed by atoms with Gasteiger partial charge >= 0.3 is 6.03 Å². The number of carbonyl (C=O) groups is 1. The van der Waals surface area contributed by atoms with Crippen molar-refractivity contribution >= 4 is 17.4 Å². The first-order valence-corrected chi connectivity index (χ1v) is 9.04. The number of hydrogen-bond donors (Lipinski definition) is 1. The van der Waals surface area contributed by atoms with Crippen LogP contribution < -0.4 is 5.32 Å². The Bertz CT molecular complexity index is 631. The summed E-state index contributed by atoms with van der Waals surface area (Å²) in [6, 6.07) is 4.32. The Labute approximate surface area is 141 Å². The van der Waals surface area contributed by atoms with Crippen molar-refractivity contribution in [3.8, 4) is 0 Å². The lowest BCUT2D eigenvalue weighted by Crippen LogP contribution is -2.40. The lowest BCUT2D eigenvalue weighted by molar-refractivity contribution is 0.197. The van der Waals surface area contributed by atoms with E-state index in [4.69, 9.17) is 0 Å². The Morgan fingerprint density at radius 2 is 2.30 bits per heavy atom. The van der Waals surface area contributed by atoms with Crippen LogP contribution in [0.4, 0.5) is 4.79 Å². The van der Waals surface area contributed by atoms with E-state index in [-0.39, 0.29) is 12.1 Å². The predicted molar refractivity (Wildman–Crippen MR) is 92.2 cm³/mol. The standard InChI is InChI=1S/C17H24N4OS/c1-20(11-13-10-18-21(2)12-13)17(22)19-16(14-6-3-4-7-14)15-8-5-9-23-15/h5,8-10,12,14,16H,3-4,6-7,11H2,1-2H3,(H,19,22). The van der Waals surface area contributed by atoms with Gasteiger partial charge in [-0.1, -0.05) is 18.9 Å². The van der Waals surface area contributed by atoms with Crippen LogP contribution in [0.2, 0.25) is 0 Å². The molecular formula is C17H24N4OS. The van der Waals surface area contributed by atoms with Crippen LogP contribution in [0.15, 0.2) is 29.9 Å². The molecule has 2 heterocycles. The highest BCUT2D eigenvalue weighted by Crippen LogP contribution is 2.37. The van der Waals surface area contributed by atoms with Crippen LogP contribution in [0.5, 0.6) is 0 Å². The molecule has 1 aliphatic rings. The number of amides is 2. The van der Waals surface area contributed by atoms with E-state index in [1.165, 1.54) is 30.6 Å². The first-order chi connectivity index (χ1) is 11.1. The zero-order valence-electron chi connectivity index (χ0n) is 13.7. The van der Waals surface area contributed by atoms with Crippen LogP contribution in [-0.2, 0) is 13.6 Å². The zero-order valence-corrected chi connectivity index (χ0v) is 14.6. The van der Waals surface area contributed by atoms with E-state index in [0.717, 1.165) is 5.56 Å². The quantitative estimate of drug-likeness (QED) is 0.910. The fourth-order valence-corrected chi connectivity index (χ4v) is 4.19. The molecule has 0 spiro atoms. The molecule has 0 bridgehead atoms. The van der Waals surface area contributed by atoms with Gasteiger partial charge in [0.1, 0.15) is 0 Å². The highest BCUT2D eigenvalue weighted by atomic mass is 32.1. The molecule has 6 heteroatoms. The molecular weight excluding hydrogens is 308 g/mol. The van der Waals surface area contributed by atoms with Gasteiger partial charge in [-0.25, -0.2) is 4.79 Å². The summed E-state index contributed by atoms with van der Waals surface area (Å²) in [6.45, 7) is 0.571. The SMILES string of the molecule is CN(Cc1cnn(C)c1)C(=O)NC(c1cccs1)C1CCCC1. The second-order valence-electron chi connectivity index (χ2n) is 6.37. The normalized spacial score (nSPS) is 16.4. The minimum absolute atomic E-state index is 0.0147. The summed E-state index contributed by atoms with van der Waals surface area (Å²) < 4.78 is 1.76. The van der Waals surface area contributed by atoms with E-state index in [0.29, 0.717) is 12.5 Å². The summed E-state index contributed by atoms with van der Waals surface area (Å²) >= 11 is 1.73. The van der Waals surface area contributed by atoms with E-state index >= 15 is 0 Å². The molecule has 1 N–H and O–H groups in total. The Morgan fingerprint density at radius 1 is 1.52 bits per heavy atom. The Morgan fingerprint density at radius 3 is 2.91 bits per heavy atom. The number of hydrogen-bond acceptors (Lipinski definition) is 3. The monoisotopic (exact) mass is 332 g/mol. The Hall–Kier alpha value is -1.82. The second kappa shape index (κ2) is 7.17. The third-order valence-electron chi connectivity index (χ3n) is 4.52. The van der Waals surface area contributed by atoms with Crippen molar-refractivity contribution in [3.63, 3.8) is 0 Å². The molecule has 124 valence electrons. The lowest BCUT2D eigenvalue weighted by Gasteiger charge is -2.27. The van der Waals surface area contributed by atoms with Crippen LogP contribution >= 0.6 is 11.3 Å². The summed E-state index contributed by atoms with van der Waals surface area (Å²) in [5.41, 5.74) is 1.04. The molecule has 2 aromatic rings. The number of aromatic nitrogens is 2. The van der Waals surface area contributed by atoms with E-state index in [9.17, 15) is 4.79 Å². The first-order valence-electron chi connectivity index (χ1n) is 8.16. The molecule has 1 unspecified atom stereocenters. The van der Waals surface area contributed by atoms with Crippen LogP contribution in [0.1, 0.15) is 42.2 Å². The third kappa shape index (κ3) is 3.93. The van der Waals surface area contributed by atoms with Gasteiger partial charge in [-0.2, -0.15) is 5.10 Å². The van der Waals surface area contributed by atoms with Crippen LogP contribution in [0, 0.1) is 5.92 Å². The topological polar surface area (TPSA) is 50.2 Å². The van der Waals surface area contributed by atoms with E-state index in [1.807, 2.05) is 20.3 Å². The zero-order chi connectivity index (χ0) is 16.2. The van der Waals surface area contributed by atoms with Gasteiger partial charge in [0.2, 0.25) is 0 Å². The maximum absolute atomic E-state index is 12.6. The van der Waals surface area contributed by atoms with Gasteiger partial charge in [0.25, 0.3) is 0 Å². The van der Waals surface area contributed by atoms with E-state index in [1.54, 1.807) is 27.1 Å². The average molecular weight is 332 g/mol. The summed E-state index contributed by atoms with van der Waals surface area (Å²) in [5.74, 6) is 0.560. The molecule has 3 rings (SSSR count).